The molecule has 1 saturated carbocycles. The first-order chi connectivity index (χ1) is 17.1. The van der Waals surface area contributed by atoms with Crippen molar-refractivity contribution in [3.63, 3.8) is 0 Å². The molecule has 202 valence electrons. The first-order valence-corrected chi connectivity index (χ1v) is 13.3. The van der Waals surface area contributed by atoms with Gasteiger partial charge in [0.2, 0.25) is 17.7 Å². The number of halogens is 2. The van der Waals surface area contributed by atoms with Gasteiger partial charge in [0.25, 0.3) is 17.4 Å². The molecule has 3 aliphatic rings. The van der Waals surface area contributed by atoms with Gasteiger partial charge in [0.05, 0.1) is 12.5 Å². The highest BCUT2D eigenvalue weighted by atomic mass is 35.5. The fourth-order valence-electron chi connectivity index (χ4n) is 5.55. The fourth-order valence-corrected chi connectivity index (χ4v) is 5.67. The van der Waals surface area contributed by atoms with Crippen molar-refractivity contribution in [3.8, 4) is 0 Å². The molecule has 0 radical (unpaired) electrons. The van der Waals surface area contributed by atoms with E-state index in [4.69, 9.17) is 11.6 Å². The summed E-state index contributed by atoms with van der Waals surface area (Å²) in [6.07, 6.45) is 3.84. The van der Waals surface area contributed by atoms with E-state index in [1.165, 1.54) is 4.90 Å². The predicted octanol–water partition coefficient (Wildman–Crippen LogP) is 1.08. The van der Waals surface area contributed by atoms with E-state index in [1.807, 2.05) is 13.8 Å². The molecule has 3 rings (SSSR count). The van der Waals surface area contributed by atoms with Crippen molar-refractivity contribution in [1.82, 2.24) is 26.0 Å². The molecule has 0 bridgehead atoms. The second-order valence-corrected chi connectivity index (χ2v) is 10.5. The highest BCUT2D eigenvalue weighted by molar-refractivity contribution is 6.29. The maximum atomic E-state index is 13.8. The summed E-state index contributed by atoms with van der Waals surface area (Å²) in [6.45, 7) is 6.08. The summed E-state index contributed by atoms with van der Waals surface area (Å²) in [5, 5.41) is 6.23. The van der Waals surface area contributed by atoms with E-state index in [1.54, 1.807) is 6.92 Å². The molecule has 3 N–H and O–H groups in total. The van der Waals surface area contributed by atoms with Crippen molar-refractivity contribution < 1.29 is 28.4 Å². The molecule has 10 nitrogen and oxygen atoms in total. The van der Waals surface area contributed by atoms with E-state index < -0.39 is 35.4 Å². The molecule has 12 heteroatoms. The average molecular weight is 530 g/mol. The molecule has 2 saturated heterocycles. The van der Waals surface area contributed by atoms with Crippen LogP contribution in [-0.2, 0) is 24.0 Å². The number of hydrogen-bond donors (Lipinski definition) is 3. The van der Waals surface area contributed by atoms with Gasteiger partial charge >= 0.3 is 0 Å². The lowest BCUT2D eigenvalue weighted by Gasteiger charge is -2.34. The Kier molecular flexibility index (Phi) is 9.54. The van der Waals surface area contributed by atoms with Gasteiger partial charge in [0.15, 0.2) is 0 Å². The summed E-state index contributed by atoms with van der Waals surface area (Å²) in [5.74, 6) is -3.42. The monoisotopic (exact) mass is 529 g/mol. The second-order valence-electron chi connectivity index (χ2n) is 10.1. The number of alkyl halides is 2. The number of carbonyl (C=O) groups excluding carboxylic acids is 5. The molecular formula is C24H37ClFN5O5. The van der Waals surface area contributed by atoms with Gasteiger partial charge in [-0.15, -0.1) is 0 Å². The van der Waals surface area contributed by atoms with E-state index in [2.05, 4.69) is 16.1 Å². The van der Waals surface area contributed by atoms with Crippen molar-refractivity contribution in [3.05, 3.63) is 0 Å². The number of likely N-dealkylation sites (tertiary alicyclic amines) is 1. The first-order valence-electron chi connectivity index (χ1n) is 12.9. The van der Waals surface area contributed by atoms with Crippen LogP contribution in [0.2, 0.25) is 0 Å². The van der Waals surface area contributed by atoms with Crippen molar-refractivity contribution >= 4 is 41.1 Å². The van der Waals surface area contributed by atoms with Gasteiger partial charge in [-0.05, 0) is 37.0 Å². The highest BCUT2D eigenvalue weighted by Gasteiger charge is 2.51. The summed E-state index contributed by atoms with van der Waals surface area (Å²) >= 11 is 5.40. The lowest BCUT2D eigenvalue weighted by Crippen LogP contribution is -2.60. The predicted molar refractivity (Wildman–Crippen MR) is 130 cm³/mol. The van der Waals surface area contributed by atoms with Crippen molar-refractivity contribution in [2.45, 2.75) is 77.0 Å². The Bertz CT molecular complexity index is 874. The number of rotatable bonds is 9. The summed E-state index contributed by atoms with van der Waals surface area (Å²) < 4.78 is 13.8. The fraction of sp³-hybridized carbons (Fsp3) is 0.792. The van der Waals surface area contributed by atoms with Crippen LogP contribution in [-0.4, -0.2) is 76.8 Å². The SMILES string of the molecule is CCC(=O)N[C@H](C(=O)N1C[C@@H]2CCC[C@@H]2[C@H]1C(=O)NN(C[C@@H]1CCNC1=O)C(=O)[C@H](F)Cl)[C@@H](C)CC. The Morgan fingerprint density at radius 3 is 2.53 bits per heavy atom. The molecule has 0 spiro atoms. The molecule has 7 atom stereocenters. The zero-order valence-corrected chi connectivity index (χ0v) is 21.9. The van der Waals surface area contributed by atoms with Gasteiger partial charge in [-0.2, -0.15) is 0 Å². The summed E-state index contributed by atoms with van der Waals surface area (Å²) in [5.41, 5.74) is 0.0842. The van der Waals surface area contributed by atoms with Crippen molar-refractivity contribution in [2.24, 2.45) is 23.7 Å². The Morgan fingerprint density at radius 2 is 1.94 bits per heavy atom. The molecule has 1 aliphatic carbocycles. The molecule has 0 aromatic rings. The summed E-state index contributed by atoms with van der Waals surface area (Å²) in [6, 6.07) is -1.66. The molecule has 0 unspecified atom stereocenters. The van der Waals surface area contributed by atoms with Crippen LogP contribution in [0.1, 0.15) is 59.3 Å². The maximum Gasteiger partial charge on any atom is 0.291 e. The minimum atomic E-state index is -2.39. The average Bonchev–Trinajstić information content (AvgIpc) is 3.56. The third-order valence-corrected chi connectivity index (χ3v) is 8.01. The number of hydrazine groups is 1. The van der Waals surface area contributed by atoms with E-state index >= 15 is 0 Å². The topological polar surface area (TPSA) is 128 Å². The summed E-state index contributed by atoms with van der Waals surface area (Å²) in [7, 11) is 0. The zero-order chi connectivity index (χ0) is 26.6. The molecule has 36 heavy (non-hydrogen) atoms. The molecule has 0 aromatic carbocycles. The molecule has 2 aliphatic heterocycles. The van der Waals surface area contributed by atoms with Crippen LogP contribution in [0, 0.1) is 23.7 Å². The van der Waals surface area contributed by atoms with Crippen LogP contribution in [0.3, 0.4) is 0 Å². The largest absolute Gasteiger partial charge is 0.356 e. The van der Waals surface area contributed by atoms with Crippen LogP contribution in [0.4, 0.5) is 4.39 Å². The third kappa shape index (κ3) is 6.10. The smallest absolute Gasteiger partial charge is 0.291 e. The normalized spacial score (nSPS) is 27.6. The standard InChI is InChI=1S/C24H37ClFN5O5/c1-4-13(3)18(28-17(32)5-2)23(35)30-11-14-7-6-8-16(14)19(30)22(34)29-31(24(36)20(25)26)12-15-9-10-27-21(15)33/h13-16,18-20H,4-12H2,1-3H3,(H,27,33)(H,28,32)(H,29,34)/t13-,14-,15-,16-,18-,19-,20-/m0/s1. The molecular weight excluding hydrogens is 493 g/mol. The Balaban J connectivity index is 1.84. The van der Waals surface area contributed by atoms with Gasteiger partial charge in [-0.1, -0.05) is 45.2 Å². The van der Waals surface area contributed by atoms with Gasteiger partial charge in [0.1, 0.15) is 12.1 Å². The van der Waals surface area contributed by atoms with E-state index in [0.29, 0.717) is 25.9 Å². The van der Waals surface area contributed by atoms with Crippen LogP contribution in [0.15, 0.2) is 0 Å². The second kappa shape index (κ2) is 12.2. The van der Waals surface area contributed by atoms with Crippen LogP contribution >= 0.6 is 11.6 Å². The Hall–Kier alpha value is -2.43. The molecule has 0 aromatic heterocycles. The lowest BCUT2D eigenvalue weighted by atomic mass is 9.93. The molecule has 3 fully saturated rings. The van der Waals surface area contributed by atoms with Crippen LogP contribution < -0.4 is 16.1 Å². The van der Waals surface area contributed by atoms with Crippen molar-refractivity contribution in [1.29, 1.82) is 0 Å². The minimum absolute atomic E-state index is 0.114. The first kappa shape index (κ1) is 28.1. The Labute approximate surface area is 216 Å². The van der Waals surface area contributed by atoms with E-state index in [0.717, 1.165) is 24.3 Å². The van der Waals surface area contributed by atoms with Gasteiger partial charge in [-0.3, -0.25) is 29.4 Å². The van der Waals surface area contributed by atoms with Gasteiger partial charge < -0.3 is 15.5 Å². The van der Waals surface area contributed by atoms with Crippen LogP contribution in [0.25, 0.3) is 0 Å². The van der Waals surface area contributed by atoms with Crippen molar-refractivity contribution in [2.75, 3.05) is 19.6 Å². The van der Waals surface area contributed by atoms with Gasteiger partial charge in [0, 0.05) is 19.5 Å². The lowest BCUT2D eigenvalue weighted by molar-refractivity contribution is -0.150. The van der Waals surface area contributed by atoms with E-state index in [-0.39, 0.29) is 48.4 Å². The summed E-state index contributed by atoms with van der Waals surface area (Å²) in [4.78, 5) is 65.5. The number of nitrogens with one attached hydrogen (secondary N) is 3. The number of nitrogens with zero attached hydrogens (tertiary/aromatic N) is 2. The number of amides is 5. The molecule has 2 heterocycles. The maximum absolute atomic E-state index is 13.8. The number of carbonyl (C=O) groups is 5. The van der Waals surface area contributed by atoms with Crippen LogP contribution in [0.5, 0.6) is 0 Å². The van der Waals surface area contributed by atoms with E-state index in [9.17, 15) is 28.4 Å². The number of hydrogen-bond acceptors (Lipinski definition) is 5. The zero-order valence-electron chi connectivity index (χ0n) is 21.1. The third-order valence-electron chi connectivity index (χ3n) is 7.82. The minimum Gasteiger partial charge on any atom is -0.356 e. The highest BCUT2D eigenvalue weighted by Crippen LogP contribution is 2.42. The molecule has 5 amide bonds. The van der Waals surface area contributed by atoms with Gasteiger partial charge in [-0.25, -0.2) is 9.40 Å². The number of fused-ring (bicyclic) bond motifs is 1. The Morgan fingerprint density at radius 1 is 1.22 bits per heavy atom. The quantitative estimate of drug-likeness (QED) is 0.304.